The molecule has 2 atom stereocenters. The van der Waals surface area contributed by atoms with Crippen molar-refractivity contribution in [1.29, 1.82) is 0 Å². The van der Waals surface area contributed by atoms with Crippen LogP contribution in [0, 0.1) is 0 Å². The third-order valence-electron chi connectivity index (χ3n) is 4.48. The predicted octanol–water partition coefficient (Wildman–Crippen LogP) is 2.70. The molecule has 2 aliphatic rings. The Labute approximate surface area is 110 Å². The third-order valence-corrected chi connectivity index (χ3v) is 4.48. The number of nitrogens with one attached hydrogen (secondary N) is 1. The van der Waals surface area contributed by atoms with Gasteiger partial charge in [-0.25, -0.2) is 0 Å². The Bertz CT molecular complexity index is 379. The first-order valence-corrected chi connectivity index (χ1v) is 7.21. The Balaban J connectivity index is 1.56. The molecule has 0 radical (unpaired) electrons. The van der Waals surface area contributed by atoms with Gasteiger partial charge in [0.1, 0.15) is 0 Å². The summed E-state index contributed by atoms with van der Waals surface area (Å²) in [7, 11) is 1.85. The molecule has 3 rings (SSSR count). The van der Waals surface area contributed by atoms with E-state index in [1.807, 2.05) is 7.11 Å². The van der Waals surface area contributed by atoms with Gasteiger partial charge in [0.15, 0.2) is 0 Å². The van der Waals surface area contributed by atoms with Crippen molar-refractivity contribution in [3.05, 3.63) is 35.4 Å². The van der Waals surface area contributed by atoms with E-state index in [0.29, 0.717) is 18.2 Å². The number of ether oxygens (including phenoxy) is 1. The predicted molar refractivity (Wildman–Crippen MR) is 73.8 cm³/mol. The quantitative estimate of drug-likeness (QED) is 0.884. The minimum absolute atomic E-state index is 0.472. The van der Waals surface area contributed by atoms with Crippen molar-refractivity contribution >= 4 is 0 Å². The highest BCUT2D eigenvalue weighted by Gasteiger charge is 2.27. The number of hydrogen-bond donors (Lipinski definition) is 1. The second kappa shape index (κ2) is 5.41. The van der Waals surface area contributed by atoms with Gasteiger partial charge in [-0.05, 0) is 49.7 Å². The maximum Gasteiger partial charge on any atom is 0.0586 e. The van der Waals surface area contributed by atoms with Crippen LogP contribution < -0.4 is 5.32 Å². The van der Waals surface area contributed by atoms with Crippen molar-refractivity contribution in [1.82, 2.24) is 5.32 Å². The molecule has 1 aromatic carbocycles. The lowest BCUT2D eigenvalue weighted by molar-refractivity contribution is 0.0571. The molecule has 98 valence electrons. The summed E-state index contributed by atoms with van der Waals surface area (Å²) >= 11 is 0. The fourth-order valence-corrected chi connectivity index (χ4v) is 3.52. The first kappa shape index (κ1) is 12.2. The zero-order valence-electron chi connectivity index (χ0n) is 11.2. The Morgan fingerprint density at radius 2 is 1.78 bits per heavy atom. The minimum atomic E-state index is 0.472. The highest BCUT2D eigenvalue weighted by Crippen LogP contribution is 2.25. The number of fused-ring (bicyclic) bond motifs is 1. The summed E-state index contributed by atoms with van der Waals surface area (Å²) in [6, 6.07) is 10.2. The van der Waals surface area contributed by atoms with Crippen molar-refractivity contribution in [2.75, 3.05) is 7.11 Å². The number of benzene rings is 1. The molecule has 0 aliphatic heterocycles. The van der Waals surface area contributed by atoms with Crippen LogP contribution in [0.15, 0.2) is 24.3 Å². The first-order chi connectivity index (χ1) is 8.85. The highest BCUT2D eigenvalue weighted by atomic mass is 16.5. The molecule has 2 unspecified atom stereocenters. The zero-order valence-corrected chi connectivity index (χ0v) is 11.2. The Morgan fingerprint density at radius 1 is 1.06 bits per heavy atom. The van der Waals surface area contributed by atoms with Crippen molar-refractivity contribution in [2.45, 2.75) is 56.7 Å². The molecule has 0 spiro atoms. The second-order valence-corrected chi connectivity index (χ2v) is 5.76. The molecular weight excluding hydrogens is 222 g/mol. The first-order valence-electron chi connectivity index (χ1n) is 7.21. The largest absolute Gasteiger partial charge is 0.381 e. The van der Waals surface area contributed by atoms with Crippen molar-refractivity contribution in [3.8, 4) is 0 Å². The summed E-state index contributed by atoms with van der Waals surface area (Å²) < 4.78 is 5.51. The highest BCUT2D eigenvalue weighted by molar-refractivity contribution is 5.33. The summed E-state index contributed by atoms with van der Waals surface area (Å²) in [6.07, 6.45) is 7.90. The Hall–Kier alpha value is -0.860. The molecular formula is C16H23NO. The minimum Gasteiger partial charge on any atom is -0.381 e. The van der Waals surface area contributed by atoms with E-state index < -0.39 is 0 Å². The average molecular weight is 245 g/mol. The molecule has 2 heteroatoms. The van der Waals surface area contributed by atoms with Gasteiger partial charge < -0.3 is 10.1 Å². The van der Waals surface area contributed by atoms with Crippen LogP contribution in [-0.4, -0.2) is 25.3 Å². The molecule has 1 fully saturated rings. The van der Waals surface area contributed by atoms with Gasteiger partial charge in [-0.1, -0.05) is 24.3 Å². The van der Waals surface area contributed by atoms with Gasteiger partial charge in [0.05, 0.1) is 6.10 Å². The summed E-state index contributed by atoms with van der Waals surface area (Å²) in [5.41, 5.74) is 3.07. The molecule has 2 aliphatic carbocycles. The fraction of sp³-hybridized carbons (Fsp3) is 0.625. The van der Waals surface area contributed by atoms with Crippen LogP contribution in [0.2, 0.25) is 0 Å². The molecule has 1 aromatic rings. The van der Waals surface area contributed by atoms with Crippen molar-refractivity contribution in [2.24, 2.45) is 0 Å². The molecule has 0 heterocycles. The van der Waals surface area contributed by atoms with Crippen LogP contribution in [0.5, 0.6) is 0 Å². The fourth-order valence-electron chi connectivity index (χ4n) is 3.52. The van der Waals surface area contributed by atoms with Crippen LogP contribution in [0.25, 0.3) is 0 Å². The standard InChI is InChI=1S/C16H23NO/c1-18-16-8-4-7-14(11-16)17-15-9-12-5-2-3-6-13(12)10-15/h2-3,5-6,14-17H,4,7-11H2,1H3. The Kier molecular flexibility index (Phi) is 3.67. The lowest BCUT2D eigenvalue weighted by Gasteiger charge is -2.31. The van der Waals surface area contributed by atoms with Crippen LogP contribution in [-0.2, 0) is 17.6 Å². The van der Waals surface area contributed by atoms with Crippen LogP contribution in [0.1, 0.15) is 36.8 Å². The zero-order chi connectivity index (χ0) is 12.4. The second-order valence-electron chi connectivity index (χ2n) is 5.76. The Morgan fingerprint density at radius 3 is 2.44 bits per heavy atom. The lowest BCUT2D eigenvalue weighted by Crippen LogP contribution is -2.43. The topological polar surface area (TPSA) is 21.3 Å². The van der Waals surface area contributed by atoms with E-state index in [0.717, 1.165) is 0 Å². The van der Waals surface area contributed by atoms with Crippen LogP contribution in [0.4, 0.5) is 0 Å². The summed E-state index contributed by atoms with van der Waals surface area (Å²) in [6.45, 7) is 0. The normalized spacial score (nSPS) is 28.3. The van der Waals surface area contributed by atoms with E-state index in [1.54, 1.807) is 0 Å². The van der Waals surface area contributed by atoms with Crippen molar-refractivity contribution in [3.63, 3.8) is 0 Å². The van der Waals surface area contributed by atoms with E-state index in [9.17, 15) is 0 Å². The SMILES string of the molecule is COC1CCCC(NC2Cc3ccccc3C2)C1. The molecule has 0 saturated heterocycles. The van der Waals surface area contributed by atoms with E-state index in [1.165, 1.54) is 49.7 Å². The van der Waals surface area contributed by atoms with Crippen LogP contribution >= 0.6 is 0 Å². The van der Waals surface area contributed by atoms with Crippen molar-refractivity contribution < 1.29 is 4.74 Å². The molecule has 0 aromatic heterocycles. The molecule has 1 N–H and O–H groups in total. The number of hydrogen-bond acceptors (Lipinski definition) is 2. The summed E-state index contributed by atoms with van der Waals surface area (Å²) in [5.74, 6) is 0. The third kappa shape index (κ3) is 2.60. The molecule has 0 bridgehead atoms. The van der Waals surface area contributed by atoms with Gasteiger partial charge in [0.2, 0.25) is 0 Å². The van der Waals surface area contributed by atoms with Gasteiger partial charge in [-0.2, -0.15) is 0 Å². The maximum absolute atomic E-state index is 5.51. The summed E-state index contributed by atoms with van der Waals surface area (Å²) in [5, 5.41) is 3.85. The average Bonchev–Trinajstić information content (AvgIpc) is 2.81. The lowest BCUT2D eigenvalue weighted by atomic mass is 9.92. The van der Waals surface area contributed by atoms with Gasteiger partial charge in [-0.15, -0.1) is 0 Å². The van der Waals surface area contributed by atoms with E-state index in [4.69, 9.17) is 4.74 Å². The van der Waals surface area contributed by atoms with E-state index in [2.05, 4.69) is 29.6 Å². The van der Waals surface area contributed by atoms with E-state index >= 15 is 0 Å². The smallest absolute Gasteiger partial charge is 0.0586 e. The van der Waals surface area contributed by atoms with E-state index in [-0.39, 0.29) is 0 Å². The van der Waals surface area contributed by atoms with Gasteiger partial charge in [0, 0.05) is 19.2 Å². The number of methoxy groups -OCH3 is 1. The number of rotatable bonds is 3. The van der Waals surface area contributed by atoms with Gasteiger partial charge in [-0.3, -0.25) is 0 Å². The maximum atomic E-state index is 5.51. The molecule has 0 amide bonds. The molecule has 18 heavy (non-hydrogen) atoms. The van der Waals surface area contributed by atoms with Gasteiger partial charge in [0.25, 0.3) is 0 Å². The molecule has 2 nitrogen and oxygen atoms in total. The monoisotopic (exact) mass is 245 g/mol. The van der Waals surface area contributed by atoms with Gasteiger partial charge >= 0.3 is 0 Å². The summed E-state index contributed by atoms with van der Waals surface area (Å²) in [4.78, 5) is 0. The van der Waals surface area contributed by atoms with Crippen LogP contribution in [0.3, 0.4) is 0 Å². The molecule has 1 saturated carbocycles.